The Labute approximate surface area is 344 Å². The third-order valence-corrected chi connectivity index (χ3v) is 10.5. The zero-order valence-corrected chi connectivity index (χ0v) is 37.0. The van der Waals surface area contributed by atoms with Crippen LogP contribution in [0.2, 0.25) is 0 Å². The van der Waals surface area contributed by atoms with Gasteiger partial charge in [0, 0.05) is 13.0 Å². The molecule has 0 aliphatic carbocycles. The van der Waals surface area contributed by atoms with Crippen molar-refractivity contribution in [3.05, 3.63) is 60.9 Å². The standard InChI is InChI=1S/C47H86NO7P/c1-3-5-7-9-11-13-15-17-19-21-22-23-24-25-26-28-30-32-34-36-38-40-47(49)55-46(45-54-56(50,51)53-43-41-48)44-52-42-39-37-35-33-31-29-27-20-18-16-14-12-10-8-6-4-2/h21-22,24-25,28,30,34,36,39,42,46H,3-20,23,26-27,29,31-33,35,37-38,40-41,43-45,48H2,1-2H3,(H,50,51)/b22-21-,25-24-,30-28-,36-34-,42-39+. The summed E-state index contributed by atoms with van der Waals surface area (Å²) in [7, 11) is -4.31. The minimum absolute atomic E-state index is 0.00252. The molecule has 0 bridgehead atoms. The highest BCUT2D eigenvalue weighted by molar-refractivity contribution is 7.47. The molecule has 0 saturated carbocycles. The Hall–Kier alpha value is -1.96. The van der Waals surface area contributed by atoms with E-state index in [2.05, 4.69) is 50.3 Å². The number of allylic oxidation sites excluding steroid dienone is 9. The molecule has 0 fully saturated rings. The minimum Gasteiger partial charge on any atom is -0.498 e. The molecule has 0 aliphatic heterocycles. The van der Waals surface area contributed by atoms with E-state index in [1.54, 1.807) is 6.26 Å². The van der Waals surface area contributed by atoms with E-state index in [9.17, 15) is 14.3 Å². The first-order valence-electron chi connectivity index (χ1n) is 22.8. The maximum absolute atomic E-state index is 12.6. The molecular formula is C47H86NO7P. The smallest absolute Gasteiger partial charge is 0.472 e. The zero-order chi connectivity index (χ0) is 40.9. The van der Waals surface area contributed by atoms with Crippen molar-refractivity contribution in [2.45, 2.75) is 206 Å². The molecule has 0 saturated heterocycles. The number of unbranched alkanes of at least 4 members (excludes halogenated alkanes) is 22. The Morgan fingerprint density at radius 2 is 0.964 bits per heavy atom. The van der Waals surface area contributed by atoms with Crippen LogP contribution >= 0.6 is 7.82 Å². The summed E-state index contributed by atoms with van der Waals surface area (Å²) in [6, 6.07) is 0. The van der Waals surface area contributed by atoms with Gasteiger partial charge in [-0.3, -0.25) is 13.8 Å². The molecule has 326 valence electrons. The summed E-state index contributed by atoms with van der Waals surface area (Å²) >= 11 is 0. The molecule has 0 aromatic heterocycles. The molecule has 9 heteroatoms. The summed E-state index contributed by atoms with van der Waals surface area (Å²) in [5.74, 6) is -0.429. The average molecular weight is 808 g/mol. The van der Waals surface area contributed by atoms with Gasteiger partial charge in [-0.05, 0) is 57.4 Å². The Kier molecular flexibility index (Phi) is 42.6. The van der Waals surface area contributed by atoms with Crippen molar-refractivity contribution < 1.29 is 32.8 Å². The van der Waals surface area contributed by atoms with Crippen molar-refractivity contribution >= 4 is 13.8 Å². The second kappa shape index (κ2) is 44.1. The fraction of sp³-hybridized carbons (Fsp3) is 0.766. The van der Waals surface area contributed by atoms with Crippen LogP contribution in [0.3, 0.4) is 0 Å². The molecule has 2 unspecified atom stereocenters. The Morgan fingerprint density at radius 3 is 1.43 bits per heavy atom. The number of rotatable bonds is 43. The maximum Gasteiger partial charge on any atom is 0.472 e. The van der Waals surface area contributed by atoms with Crippen molar-refractivity contribution in [1.29, 1.82) is 0 Å². The molecule has 3 N–H and O–H groups in total. The molecule has 56 heavy (non-hydrogen) atoms. The van der Waals surface area contributed by atoms with Crippen LogP contribution < -0.4 is 5.73 Å². The van der Waals surface area contributed by atoms with E-state index in [4.69, 9.17) is 24.3 Å². The number of esters is 1. The highest BCUT2D eigenvalue weighted by atomic mass is 31.2. The summed E-state index contributed by atoms with van der Waals surface area (Å²) in [4.78, 5) is 22.4. The largest absolute Gasteiger partial charge is 0.498 e. The second-order valence-corrected chi connectivity index (χ2v) is 16.4. The van der Waals surface area contributed by atoms with Crippen LogP contribution in [0.1, 0.15) is 200 Å². The predicted molar refractivity (Wildman–Crippen MR) is 238 cm³/mol. The summed E-state index contributed by atoms with van der Waals surface area (Å²) in [6.45, 7) is 4.17. The molecule has 0 rings (SSSR count). The van der Waals surface area contributed by atoms with Crippen molar-refractivity contribution in [2.24, 2.45) is 5.73 Å². The first-order valence-corrected chi connectivity index (χ1v) is 24.3. The van der Waals surface area contributed by atoms with Gasteiger partial charge >= 0.3 is 13.8 Å². The highest BCUT2D eigenvalue weighted by Gasteiger charge is 2.25. The van der Waals surface area contributed by atoms with Gasteiger partial charge < -0.3 is 20.1 Å². The molecule has 0 radical (unpaired) electrons. The van der Waals surface area contributed by atoms with Gasteiger partial charge in [0.15, 0.2) is 6.10 Å². The number of hydrogen-bond donors (Lipinski definition) is 2. The fourth-order valence-electron chi connectivity index (χ4n) is 6.15. The number of phosphoric ester groups is 1. The van der Waals surface area contributed by atoms with Gasteiger partial charge in [-0.2, -0.15) is 0 Å². The van der Waals surface area contributed by atoms with Crippen molar-refractivity contribution in [2.75, 3.05) is 26.4 Å². The molecule has 0 aromatic carbocycles. The van der Waals surface area contributed by atoms with Crippen LogP contribution in [0.5, 0.6) is 0 Å². The van der Waals surface area contributed by atoms with Gasteiger partial charge in [0.2, 0.25) is 0 Å². The monoisotopic (exact) mass is 808 g/mol. The first kappa shape index (κ1) is 54.0. The first-order chi connectivity index (χ1) is 27.4. The molecule has 0 heterocycles. The molecular weight excluding hydrogens is 721 g/mol. The van der Waals surface area contributed by atoms with E-state index < -0.39 is 19.9 Å². The molecule has 0 aromatic rings. The SMILES string of the molecule is CCCCCCCCCC/C=C\C/C=C\C/C=C\C/C=C\CCC(=O)OC(CO/C=C/CCCCCCCCCCCCCCCC)COP(=O)(O)OCCN. The van der Waals surface area contributed by atoms with Crippen LogP contribution in [-0.4, -0.2) is 43.3 Å². The summed E-state index contributed by atoms with van der Waals surface area (Å²) < 4.78 is 33.1. The number of ether oxygens (including phenoxy) is 2. The van der Waals surface area contributed by atoms with E-state index >= 15 is 0 Å². The number of carbonyl (C=O) groups is 1. The molecule has 0 aliphatic rings. The lowest BCUT2D eigenvalue weighted by Crippen LogP contribution is -2.27. The average Bonchev–Trinajstić information content (AvgIpc) is 3.19. The lowest BCUT2D eigenvalue weighted by atomic mass is 10.0. The van der Waals surface area contributed by atoms with Crippen LogP contribution in [0.15, 0.2) is 60.9 Å². The second-order valence-electron chi connectivity index (χ2n) is 15.0. The quantitative estimate of drug-likeness (QED) is 0.0206. The van der Waals surface area contributed by atoms with E-state index in [1.807, 2.05) is 18.2 Å². The topological polar surface area (TPSA) is 117 Å². The predicted octanol–water partition coefficient (Wildman–Crippen LogP) is 14.1. The number of hydrogen-bond acceptors (Lipinski definition) is 7. The van der Waals surface area contributed by atoms with Crippen LogP contribution in [-0.2, 0) is 27.9 Å². The van der Waals surface area contributed by atoms with Gasteiger partial charge in [-0.1, -0.05) is 191 Å². The van der Waals surface area contributed by atoms with Crippen LogP contribution in [0.25, 0.3) is 0 Å². The third-order valence-electron chi connectivity index (χ3n) is 9.52. The molecule has 0 spiro atoms. The van der Waals surface area contributed by atoms with E-state index in [1.165, 1.54) is 141 Å². The summed E-state index contributed by atoms with van der Waals surface area (Å²) in [5, 5.41) is 0. The van der Waals surface area contributed by atoms with E-state index in [0.717, 1.165) is 32.1 Å². The van der Waals surface area contributed by atoms with Gasteiger partial charge in [0.25, 0.3) is 0 Å². The maximum atomic E-state index is 12.6. The van der Waals surface area contributed by atoms with Crippen molar-refractivity contribution in [3.8, 4) is 0 Å². The number of nitrogens with two attached hydrogens (primary N) is 1. The minimum atomic E-state index is -4.31. The van der Waals surface area contributed by atoms with E-state index in [0.29, 0.717) is 6.42 Å². The molecule has 8 nitrogen and oxygen atoms in total. The van der Waals surface area contributed by atoms with Crippen molar-refractivity contribution in [3.63, 3.8) is 0 Å². The summed E-state index contributed by atoms with van der Waals surface area (Å²) in [5.41, 5.74) is 5.36. The zero-order valence-electron chi connectivity index (χ0n) is 36.1. The number of carbonyl (C=O) groups excluding carboxylic acids is 1. The Bertz CT molecular complexity index is 1040. The van der Waals surface area contributed by atoms with E-state index in [-0.39, 0.29) is 32.8 Å². The molecule has 2 atom stereocenters. The normalized spacial score (nSPS) is 13.9. The summed E-state index contributed by atoms with van der Waals surface area (Å²) in [6.07, 6.45) is 55.0. The lowest BCUT2D eigenvalue weighted by Gasteiger charge is -2.19. The van der Waals surface area contributed by atoms with Gasteiger partial charge in [0.05, 0.1) is 19.5 Å². The third kappa shape index (κ3) is 43.2. The lowest BCUT2D eigenvalue weighted by molar-refractivity contribution is -0.153. The van der Waals surface area contributed by atoms with Crippen molar-refractivity contribution in [1.82, 2.24) is 0 Å². The Balaban J connectivity index is 4.18. The highest BCUT2D eigenvalue weighted by Crippen LogP contribution is 2.43. The van der Waals surface area contributed by atoms with Crippen LogP contribution in [0.4, 0.5) is 0 Å². The fourth-order valence-corrected chi connectivity index (χ4v) is 6.91. The Morgan fingerprint density at radius 1 is 0.554 bits per heavy atom. The van der Waals surface area contributed by atoms with Gasteiger partial charge in [0.1, 0.15) is 6.61 Å². The van der Waals surface area contributed by atoms with Gasteiger partial charge in [-0.15, -0.1) is 0 Å². The number of phosphoric acid groups is 1. The molecule has 0 amide bonds. The van der Waals surface area contributed by atoms with Crippen LogP contribution in [0, 0.1) is 0 Å². The van der Waals surface area contributed by atoms with Gasteiger partial charge in [-0.25, -0.2) is 4.57 Å².